The standard InChI is InChI=1S/C27H45N/c1-3-5-8-20-9-7-10-24-22(20)13-14-25-23-15-17-27(19-28,16-6-4-2)18-21(23)11-12-26(24)25/h20-26H,3-18H2,1-2H3/t20-,21?,22?,23?,24?,25?,26?,27-/m0/s1. The van der Waals surface area contributed by atoms with Gasteiger partial charge in [0.15, 0.2) is 0 Å². The summed E-state index contributed by atoms with van der Waals surface area (Å²) in [6, 6.07) is 2.83. The first-order chi connectivity index (χ1) is 13.7. The lowest BCUT2D eigenvalue weighted by Crippen LogP contribution is -2.49. The van der Waals surface area contributed by atoms with E-state index in [1.807, 2.05) is 0 Å². The fourth-order valence-electron chi connectivity index (χ4n) is 8.70. The molecule has 1 nitrogen and oxygen atoms in total. The van der Waals surface area contributed by atoms with Crippen molar-refractivity contribution in [3.8, 4) is 6.07 Å². The summed E-state index contributed by atoms with van der Waals surface area (Å²) in [6.07, 6.45) is 22.5. The van der Waals surface area contributed by atoms with E-state index in [9.17, 15) is 5.26 Å². The zero-order chi connectivity index (χ0) is 19.6. The maximum absolute atomic E-state index is 10.00. The molecule has 0 saturated heterocycles. The van der Waals surface area contributed by atoms with Gasteiger partial charge in [-0.05, 0) is 99.2 Å². The van der Waals surface area contributed by atoms with E-state index in [1.54, 1.807) is 12.8 Å². The predicted molar refractivity (Wildman–Crippen MR) is 118 cm³/mol. The third-order valence-electron chi connectivity index (χ3n) is 10.0. The topological polar surface area (TPSA) is 23.8 Å². The number of fused-ring (bicyclic) bond motifs is 5. The van der Waals surface area contributed by atoms with Crippen molar-refractivity contribution in [1.82, 2.24) is 0 Å². The molecule has 4 saturated carbocycles. The monoisotopic (exact) mass is 383 g/mol. The van der Waals surface area contributed by atoms with E-state index in [2.05, 4.69) is 19.9 Å². The van der Waals surface area contributed by atoms with E-state index < -0.39 is 0 Å². The predicted octanol–water partition coefficient (Wildman–Crippen LogP) is 8.15. The van der Waals surface area contributed by atoms with Crippen LogP contribution in [-0.4, -0.2) is 0 Å². The molecular weight excluding hydrogens is 338 g/mol. The zero-order valence-electron chi connectivity index (χ0n) is 18.8. The molecule has 4 fully saturated rings. The average Bonchev–Trinajstić information content (AvgIpc) is 2.75. The fourth-order valence-corrected chi connectivity index (χ4v) is 8.70. The molecule has 8 atom stereocenters. The molecule has 4 aliphatic carbocycles. The summed E-state index contributed by atoms with van der Waals surface area (Å²) < 4.78 is 0. The highest BCUT2D eigenvalue weighted by Crippen LogP contribution is 2.60. The van der Waals surface area contributed by atoms with Crippen molar-refractivity contribution in [2.24, 2.45) is 46.8 Å². The minimum atomic E-state index is 0.0390. The molecule has 158 valence electrons. The van der Waals surface area contributed by atoms with Crippen LogP contribution in [0.1, 0.15) is 117 Å². The molecule has 0 aromatic heterocycles. The van der Waals surface area contributed by atoms with Gasteiger partial charge in [-0.25, -0.2) is 0 Å². The molecule has 0 amide bonds. The van der Waals surface area contributed by atoms with Crippen LogP contribution in [0.4, 0.5) is 0 Å². The maximum Gasteiger partial charge on any atom is 0.0689 e. The molecule has 0 spiro atoms. The van der Waals surface area contributed by atoms with Crippen LogP contribution in [0.2, 0.25) is 0 Å². The molecule has 0 aliphatic heterocycles. The second-order valence-electron chi connectivity index (χ2n) is 11.3. The van der Waals surface area contributed by atoms with E-state index in [-0.39, 0.29) is 5.41 Å². The number of hydrogen-bond acceptors (Lipinski definition) is 1. The number of nitrogens with zero attached hydrogens (tertiary/aromatic N) is 1. The van der Waals surface area contributed by atoms with E-state index in [0.29, 0.717) is 0 Å². The Morgan fingerprint density at radius 3 is 2.29 bits per heavy atom. The van der Waals surface area contributed by atoms with Gasteiger partial charge < -0.3 is 0 Å². The van der Waals surface area contributed by atoms with Crippen molar-refractivity contribution in [1.29, 1.82) is 5.26 Å². The lowest BCUT2D eigenvalue weighted by Gasteiger charge is -2.57. The van der Waals surface area contributed by atoms with E-state index in [1.165, 1.54) is 89.9 Å². The fraction of sp³-hybridized carbons (Fsp3) is 0.963. The van der Waals surface area contributed by atoms with Gasteiger partial charge in [-0.3, -0.25) is 0 Å². The highest BCUT2D eigenvalue weighted by Gasteiger charge is 2.52. The Bertz CT molecular complexity index is 547. The van der Waals surface area contributed by atoms with Crippen molar-refractivity contribution < 1.29 is 0 Å². The number of unbranched alkanes of at least 4 members (excludes halogenated alkanes) is 2. The van der Waals surface area contributed by atoms with Crippen LogP contribution in [0.25, 0.3) is 0 Å². The second-order valence-corrected chi connectivity index (χ2v) is 11.3. The Balaban J connectivity index is 1.43. The minimum absolute atomic E-state index is 0.0390. The largest absolute Gasteiger partial charge is 0.198 e. The third kappa shape index (κ3) is 3.91. The summed E-state index contributed by atoms with van der Waals surface area (Å²) in [5, 5.41) is 10.00. The van der Waals surface area contributed by atoms with Crippen LogP contribution in [0.3, 0.4) is 0 Å². The highest BCUT2D eigenvalue weighted by atomic mass is 14.6. The van der Waals surface area contributed by atoms with Gasteiger partial charge in [-0.1, -0.05) is 58.8 Å². The molecule has 6 unspecified atom stereocenters. The minimum Gasteiger partial charge on any atom is -0.198 e. The van der Waals surface area contributed by atoms with Crippen LogP contribution < -0.4 is 0 Å². The molecule has 4 aliphatic rings. The molecule has 0 heterocycles. The van der Waals surface area contributed by atoms with Crippen LogP contribution >= 0.6 is 0 Å². The van der Waals surface area contributed by atoms with Crippen LogP contribution in [0.5, 0.6) is 0 Å². The van der Waals surface area contributed by atoms with Crippen LogP contribution in [-0.2, 0) is 0 Å². The quantitative estimate of drug-likeness (QED) is 0.454. The van der Waals surface area contributed by atoms with Gasteiger partial charge in [0, 0.05) is 0 Å². The first-order valence-corrected chi connectivity index (χ1v) is 13.1. The highest BCUT2D eigenvalue weighted by molar-refractivity contribution is 5.07. The SMILES string of the molecule is CCCC[C@H]1CCCC2C3CCC4C[C@](C#N)(CCCC)CCC4C3CCC21. The smallest absolute Gasteiger partial charge is 0.0689 e. The molecule has 0 aromatic rings. The van der Waals surface area contributed by atoms with E-state index in [4.69, 9.17) is 0 Å². The van der Waals surface area contributed by atoms with Crippen LogP contribution in [0, 0.1) is 58.2 Å². The Kier molecular flexibility index (Phi) is 6.74. The Morgan fingerprint density at radius 2 is 1.50 bits per heavy atom. The Hall–Kier alpha value is -0.510. The lowest BCUT2D eigenvalue weighted by atomic mass is 9.48. The van der Waals surface area contributed by atoms with Crippen LogP contribution in [0.15, 0.2) is 0 Å². The van der Waals surface area contributed by atoms with E-state index >= 15 is 0 Å². The average molecular weight is 384 g/mol. The van der Waals surface area contributed by atoms with E-state index in [0.717, 1.165) is 41.4 Å². The van der Waals surface area contributed by atoms with Crippen molar-refractivity contribution in [2.75, 3.05) is 0 Å². The van der Waals surface area contributed by atoms with Gasteiger partial charge in [-0.2, -0.15) is 5.26 Å². The summed E-state index contributed by atoms with van der Waals surface area (Å²) in [5.74, 6) is 7.12. The zero-order valence-corrected chi connectivity index (χ0v) is 18.8. The first-order valence-electron chi connectivity index (χ1n) is 13.1. The van der Waals surface area contributed by atoms with Gasteiger partial charge >= 0.3 is 0 Å². The van der Waals surface area contributed by atoms with Gasteiger partial charge in [0.05, 0.1) is 11.5 Å². The van der Waals surface area contributed by atoms with Gasteiger partial charge in [-0.15, -0.1) is 0 Å². The second kappa shape index (κ2) is 9.10. The van der Waals surface area contributed by atoms with Crippen molar-refractivity contribution >= 4 is 0 Å². The summed E-state index contributed by atoms with van der Waals surface area (Å²) in [5.41, 5.74) is 0.0390. The molecule has 0 N–H and O–H groups in total. The van der Waals surface area contributed by atoms with Crippen molar-refractivity contribution in [3.63, 3.8) is 0 Å². The molecule has 1 heteroatoms. The molecule has 0 radical (unpaired) electrons. The van der Waals surface area contributed by atoms with Gasteiger partial charge in [0.2, 0.25) is 0 Å². The number of rotatable bonds is 6. The molecule has 0 bridgehead atoms. The molecule has 28 heavy (non-hydrogen) atoms. The third-order valence-corrected chi connectivity index (χ3v) is 10.0. The molecular formula is C27H45N. The number of nitriles is 1. The summed E-state index contributed by atoms with van der Waals surface area (Å²) in [6.45, 7) is 4.64. The lowest BCUT2D eigenvalue weighted by molar-refractivity contribution is -0.0718. The van der Waals surface area contributed by atoms with Crippen molar-refractivity contribution in [3.05, 3.63) is 0 Å². The Morgan fingerprint density at radius 1 is 0.786 bits per heavy atom. The summed E-state index contributed by atoms with van der Waals surface area (Å²) in [7, 11) is 0. The number of hydrogen-bond donors (Lipinski definition) is 0. The molecule has 4 rings (SSSR count). The van der Waals surface area contributed by atoms with Gasteiger partial charge in [0.1, 0.15) is 0 Å². The summed E-state index contributed by atoms with van der Waals surface area (Å²) >= 11 is 0. The first kappa shape index (κ1) is 20.8. The Labute approximate surface area is 175 Å². The maximum atomic E-state index is 10.00. The molecule has 0 aromatic carbocycles. The normalized spacial score (nSPS) is 45.4. The summed E-state index contributed by atoms with van der Waals surface area (Å²) in [4.78, 5) is 0. The van der Waals surface area contributed by atoms with Gasteiger partial charge in [0.25, 0.3) is 0 Å². The van der Waals surface area contributed by atoms with Crippen molar-refractivity contribution in [2.45, 2.75) is 117 Å².